The van der Waals surface area contributed by atoms with Crippen molar-refractivity contribution < 1.29 is 14.4 Å². The molecule has 0 aliphatic heterocycles. The minimum atomic E-state index is -0.469. The molecule has 10 heteroatoms. The van der Waals surface area contributed by atoms with Crippen LogP contribution < -0.4 is 16.0 Å². The molecule has 4 aromatic carbocycles. The zero-order valence-corrected chi connectivity index (χ0v) is 26.7. The van der Waals surface area contributed by atoms with E-state index in [1.807, 2.05) is 85.1 Å². The second-order valence-corrected chi connectivity index (χ2v) is 12.7. The maximum Gasteiger partial charge on any atom is 0.272 e. The van der Waals surface area contributed by atoms with Gasteiger partial charge in [0.15, 0.2) is 5.13 Å². The van der Waals surface area contributed by atoms with Crippen molar-refractivity contribution in [3.8, 4) is 11.3 Å². The molecule has 0 bridgehead atoms. The summed E-state index contributed by atoms with van der Waals surface area (Å²) in [6.07, 6.45) is 1.62. The Morgan fingerprint density at radius 2 is 1.50 bits per heavy atom. The van der Waals surface area contributed by atoms with E-state index in [2.05, 4.69) is 36.9 Å². The fourth-order valence-electron chi connectivity index (χ4n) is 4.02. The lowest BCUT2D eigenvalue weighted by atomic mass is 10.1. The van der Waals surface area contributed by atoms with Gasteiger partial charge in [-0.2, -0.15) is 0 Å². The summed E-state index contributed by atoms with van der Waals surface area (Å²) in [6, 6.07) is 33.1. The average Bonchev–Trinajstić information content (AvgIpc) is 3.52. The normalized spacial score (nSPS) is 11.8. The van der Waals surface area contributed by atoms with Crippen LogP contribution in [0.15, 0.2) is 130 Å². The summed E-state index contributed by atoms with van der Waals surface area (Å²) in [7, 11) is 0. The summed E-state index contributed by atoms with van der Waals surface area (Å²) >= 11 is 6.19. The summed E-state index contributed by atoms with van der Waals surface area (Å²) in [6.45, 7) is 1.83. The van der Waals surface area contributed by atoms with Crippen LogP contribution in [0.25, 0.3) is 17.3 Å². The van der Waals surface area contributed by atoms with E-state index >= 15 is 0 Å². The van der Waals surface area contributed by atoms with Gasteiger partial charge in [0, 0.05) is 31.6 Å². The number of hydrogen-bond acceptors (Lipinski definition) is 6. The Labute approximate surface area is 272 Å². The first-order valence-corrected chi connectivity index (χ1v) is 16.1. The topological polar surface area (TPSA) is 100 Å². The van der Waals surface area contributed by atoms with Gasteiger partial charge in [-0.3, -0.25) is 14.4 Å². The maximum atomic E-state index is 13.3. The molecule has 5 rings (SSSR count). The number of thiazole rings is 1. The third-order valence-corrected chi connectivity index (χ3v) is 8.71. The summed E-state index contributed by atoms with van der Waals surface area (Å²) in [5.74, 6) is -1.01. The molecule has 0 radical (unpaired) electrons. The molecule has 1 unspecified atom stereocenters. The predicted octanol–water partition coefficient (Wildman–Crippen LogP) is 8.10. The molecule has 0 fully saturated rings. The molecule has 0 aliphatic rings. The van der Waals surface area contributed by atoms with Crippen molar-refractivity contribution in [1.82, 2.24) is 10.3 Å². The van der Waals surface area contributed by atoms with E-state index in [1.165, 1.54) is 23.1 Å². The van der Waals surface area contributed by atoms with E-state index < -0.39 is 11.8 Å². The number of nitrogens with zero attached hydrogens (tertiary/aromatic N) is 1. The Balaban J connectivity index is 1.21. The number of nitrogens with one attached hydrogen (secondary N) is 3. The lowest BCUT2D eigenvalue weighted by molar-refractivity contribution is -0.115. The van der Waals surface area contributed by atoms with Gasteiger partial charge in [0.1, 0.15) is 5.70 Å². The van der Waals surface area contributed by atoms with E-state index in [9.17, 15) is 14.4 Å². The second kappa shape index (κ2) is 14.8. The number of hydrogen-bond donors (Lipinski definition) is 3. The fraction of sp³-hybridized carbons (Fsp3) is 0.0588. The zero-order chi connectivity index (χ0) is 30.9. The van der Waals surface area contributed by atoms with Gasteiger partial charge < -0.3 is 16.0 Å². The smallest absolute Gasteiger partial charge is 0.272 e. The highest BCUT2D eigenvalue weighted by molar-refractivity contribution is 9.10. The van der Waals surface area contributed by atoms with Crippen LogP contribution in [0.1, 0.15) is 22.8 Å². The zero-order valence-electron chi connectivity index (χ0n) is 23.5. The van der Waals surface area contributed by atoms with Gasteiger partial charge >= 0.3 is 0 Å². The van der Waals surface area contributed by atoms with Gasteiger partial charge in [-0.15, -0.1) is 23.1 Å². The number of carbonyl (C=O) groups excluding carboxylic acids is 3. The van der Waals surface area contributed by atoms with Crippen molar-refractivity contribution in [2.45, 2.75) is 17.1 Å². The lowest BCUT2D eigenvalue weighted by Gasteiger charge is -2.13. The minimum absolute atomic E-state index is 0.0996. The largest absolute Gasteiger partial charge is 0.321 e. The summed E-state index contributed by atoms with van der Waals surface area (Å²) in [5.41, 5.74) is 3.64. The highest BCUT2D eigenvalue weighted by Gasteiger charge is 2.18. The van der Waals surface area contributed by atoms with Crippen molar-refractivity contribution in [2.24, 2.45) is 0 Å². The molecule has 44 heavy (non-hydrogen) atoms. The molecule has 0 spiro atoms. The summed E-state index contributed by atoms with van der Waals surface area (Å²) < 4.78 is 0.902. The van der Waals surface area contributed by atoms with E-state index in [0.717, 1.165) is 26.2 Å². The third kappa shape index (κ3) is 8.53. The fourth-order valence-corrected chi connectivity index (χ4v) is 5.88. The van der Waals surface area contributed by atoms with Crippen LogP contribution in [0.4, 0.5) is 10.8 Å². The van der Waals surface area contributed by atoms with Crippen LogP contribution in [-0.4, -0.2) is 28.0 Å². The monoisotopic (exact) mass is 682 g/mol. The van der Waals surface area contributed by atoms with Crippen molar-refractivity contribution >= 4 is 73.6 Å². The number of aromatic nitrogens is 1. The molecule has 0 aliphatic carbocycles. The number of carbonyl (C=O) groups is 3. The number of halogens is 1. The second-order valence-electron chi connectivity index (χ2n) is 9.56. The van der Waals surface area contributed by atoms with E-state index in [-0.39, 0.29) is 16.9 Å². The van der Waals surface area contributed by atoms with Crippen LogP contribution in [-0.2, 0) is 9.59 Å². The molecule has 1 heterocycles. The molecular formula is C34H27BrN4O3S2. The molecule has 220 valence electrons. The van der Waals surface area contributed by atoms with Crippen molar-refractivity contribution in [2.75, 3.05) is 10.6 Å². The number of amides is 3. The molecule has 7 nitrogen and oxygen atoms in total. The third-order valence-electron chi connectivity index (χ3n) is 6.31. The van der Waals surface area contributed by atoms with E-state index in [0.29, 0.717) is 16.4 Å². The Kier molecular flexibility index (Phi) is 10.4. The molecule has 1 atom stereocenters. The van der Waals surface area contributed by atoms with Gasteiger partial charge in [0.05, 0.1) is 10.9 Å². The van der Waals surface area contributed by atoms with Crippen molar-refractivity contribution in [3.63, 3.8) is 0 Å². The first-order valence-electron chi connectivity index (χ1n) is 13.6. The SMILES string of the molecule is CC(Sc1ccc(NC(=O)/C(=C/c2ccc(Br)cc2)NC(=O)c2ccccc2)cc1)C(=O)Nc1nc(-c2ccccc2)cs1. The van der Waals surface area contributed by atoms with Crippen LogP contribution in [0.5, 0.6) is 0 Å². The molecular weight excluding hydrogens is 656 g/mol. The van der Waals surface area contributed by atoms with Crippen LogP contribution >= 0.6 is 39.0 Å². The van der Waals surface area contributed by atoms with Gasteiger partial charge in [-0.25, -0.2) is 4.98 Å². The van der Waals surface area contributed by atoms with Crippen molar-refractivity contribution in [3.05, 3.63) is 136 Å². The minimum Gasteiger partial charge on any atom is -0.321 e. The number of anilines is 2. The highest BCUT2D eigenvalue weighted by Crippen LogP contribution is 2.28. The van der Waals surface area contributed by atoms with Gasteiger partial charge in [0.2, 0.25) is 5.91 Å². The van der Waals surface area contributed by atoms with Gasteiger partial charge in [0.25, 0.3) is 11.8 Å². The van der Waals surface area contributed by atoms with Crippen LogP contribution in [0, 0.1) is 0 Å². The molecule has 3 N–H and O–H groups in total. The predicted molar refractivity (Wildman–Crippen MR) is 183 cm³/mol. The summed E-state index contributed by atoms with van der Waals surface area (Å²) in [5, 5.41) is 10.6. The highest BCUT2D eigenvalue weighted by atomic mass is 79.9. The number of thioether (sulfide) groups is 1. The summed E-state index contributed by atoms with van der Waals surface area (Å²) in [4.78, 5) is 44.4. The number of benzene rings is 4. The Bertz CT molecular complexity index is 1780. The van der Waals surface area contributed by atoms with Gasteiger partial charge in [-0.05, 0) is 67.1 Å². The van der Waals surface area contributed by atoms with Crippen LogP contribution in [0.3, 0.4) is 0 Å². The lowest BCUT2D eigenvalue weighted by Crippen LogP contribution is -2.30. The molecule has 0 saturated heterocycles. The first-order chi connectivity index (χ1) is 21.3. The molecule has 1 aromatic heterocycles. The molecule has 0 saturated carbocycles. The van der Waals surface area contributed by atoms with Gasteiger partial charge in [-0.1, -0.05) is 76.6 Å². The van der Waals surface area contributed by atoms with E-state index in [1.54, 1.807) is 42.5 Å². The standard InChI is InChI=1S/C34H27BrN4O3S2/c1-22(31(40)39-34-38-30(21-43-34)24-8-4-2-5-9-24)44-28-18-16-27(17-19-28)36-33(42)29(20-23-12-14-26(35)15-13-23)37-32(41)25-10-6-3-7-11-25/h2-22H,1H3,(H,36,42)(H,37,41)(H,38,39,40)/b29-20-. The maximum absolute atomic E-state index is 13.3. The average molecular weight is 684 g/mol. The Morgan fingerprint density at radius 1 is 0.841 bits per heavy atom. The van der Waals surface area contributed by atoms with E-state index in [4.69, 9.17) is 0 Å². The van der Waals surface area contributed by atoms with Crippen LogP contribution in [0.2, 0.25) is 0 Å². The quantitative estimate of drug-likeness (QED) is 0.102. The molecule has 3 amide bonds. The Hall–Kier alpha value is -4.51. The van der Waals surface area contributed by atoms with Crippen molar-refractivity contribution in [1.29, 1.82) is 0 Å². The first kappa shape index (κ1) is 30.9. The number of rotatable bonds is 10. The Morgan fingerprint density at radius 3 is 2.18 bits per heavy atom. The molecule has 5 aromatic rings.